The van der Waals surface area contributed by atoms with Crippen molar-refractivity contribution in [2.75, 3.05) is 33.4 Å². The van der Waals surface area contributed by atoms with E-state index in [1.165, 1.54) is 7.11 Å². The zero-order chi connectivity index (χ0) is 45.2. The van der Waals surface area contributed by atoms with E-state index in [1.54, 1.807) is 46.5 Å². The van der Waals surface area contributed by atoms with Crippen molar-refractivity contribution < 1.29 is 37.8 Å². The molecule has 17 heteroatoms. The molecule has 0 unspecified atom stereocenters. The van der Waals surface area contributed by atoms with E-state index in [0.29, 0.717) is 103 Å². The molecule has 6 aromatic rings. The number of alkyl carbamates (subject to hydrolysis) is 2. The summed E-state index contributed by atoms with van der Waals surface area (Å²) in [6, 6.07) is 17.6. The molecule has 65 heavy (non-hydrogen) atoms. The van der Waals surface area contributed by atoms with Crippen molar-refractivity contribution in [3.63, 3.8) is 0 Å². The van der Waals surface area contributed by atoms with E-state index in [1.807, 2.05) is 56.3 Å². The molecule has 3 fully saturated rings. The van der Waals surface area contributed by atoms with E-state index in [-0.39, 0.29) is 41.3 Å². The van der Waals surface area contributed by atoms with Gasteiger partial charge >= 0.3 is 12.2 Å². The Kier molecular flexibility index (Phi) is 12.4. The third kappa shape index (κ3) is 8.92. The topological polar surface area (TPSA) is 214 Å². The van der Waals surface area contributed by atoms with E-state index >= 15 is 0 Å². The minimum absolute atomic E-state index is 0.154. The van der Waals surface area contributed by atoms with Crippen molar-refractivity contribution in [2.24, 2.45) is 5.92 Å². The normalized spacial score (nSPS) is 18.8. The van der Waals surface area contributed by atoms with Crippen LogP contribution < -0.4 is 16.1 Å². The van der Waals surface area contributed by atoms with Crippen LogP contribution in [0.4, 0.5) is 9.59 Å². The highest BCUT2D eigenvalue weighted by atomic mass is 16.6. The largest absolute Gasteiger partial charge is 0.456 e. The van der Waals surface area contributed by atoms with Gasteiger partial charge in [-0.05, 0) is 67.5 Å². The summed E-state index contributed by atoms with van der Waals surface area (Å²) in [6.07, 6.45) is 5.98. The molecule has 0 bridgehead atoms. The number of hydrogen-bond donors (Lipinski definition) is 4. The van der Waals surface area contributed by atoms with Gasteiger partial charge in [-0.25, -0.2) is 19.6 Å². The molecule has 17 nitrogen and oxygen atoms in total. The van der Waals surface area contributed by atoms with Gasteiger partial charge in [0.1, 0.15) is 41.0 Å². The van der Waals surface area contributed by atoms with Gasteiger partial charge in [-0.2, -0.15) is 0 Å². The number of hydrogen-bond acceptors (Lipinski definition) is 11. The van der Waals surface area contributed by atoms with Crippen molar-refractivity contribution in [1.29, 1.82) is 0 Å². The average Bonchev–Trinajstić information content (AvgIpc) is 4.17. The van der Waals surface area contributed by atoms with E-state index in [4.69, 9.17) is 23.6 Å². The number of H-pyrrole nitrogens is 2. The number of fused-ring (bicyclic) bond motifs is 2. The molecule has 3 aromatic heterocycles. The van der Waals surface area contributed by atoms with Crippen molar-refractivity contribution in [3.8, 4) is 22.5 Å². The van der Waals surface area contributed by atoms with Gasteiger partial charge in [0.2, 0.25) is 11.3 Å². The predicted molar refractivity (Wildman–Crippen MR) is 239 cm³/mol. The highest BCUT2D eigenvalue weighted by molar-refractivity contribution is 5.93. The molecule has 0 radical (unpaired) electrons. The summed E-state index contributed by atoms with van der Waals surface area (Å²) in [5.74, 6) is 0.626. The number of carbonyl (C=O) groups is 4. The minimum atomic E-state index is -0.952. The Bertz CT molecular complexity index is 2780. The highest BCUT2D eigenvalue weighted by Crippen LogP contribution is 2.36. The van der Waals surface area contributed by atoms with Gasteiger partial charge in [-0.3, -0.25) is 14.4 Å². The summed E-state index contributed by atoms with van der Waals surface area (Å²) in [5.41, 5.74) is 4.13. The Labute approximate surface area is 374 Å². The molecule has 3 saturated heterocycles. The number of nitrogens with one attached hydrogen (secondary N) is 4. The first-order valence-electron chi connectivity index (χ1n) is 22.2. The minimum Gasteiger partial charge on any atom is -0.456 e. The molecule has 4 atom stereocenters. The third-order valence-electron chi connectivity index (χ3n) is 12.7. The van der Waals surface area contributed by atoms with Crippen LogP contribution >= 0.6 is 0 Å². The Balaban J connectivity index is 0.918. The lowest BCUT2D eigenvalue weighted by Crippen LogP contribution is -2.51. The number of aromatic nitrogens is 4. The van der Waals surface area contributed by atoms with Crippen molar-refractivity contribution in [3.05, 3.63) is 107 Å². The molecule has 4 N–H and O–H groups in total. The van der Waals surface area contributed by atoms with Crippen LogP contribution in [0.3, 0.4) is 0 Å². The van der Waals surface area contributed by atoms with Gasteiger partial charge in [-0.15, -0.1) is 0 Å². The number of aromatic amines is 2. The fourth-order valence-electron chi connectivity index (χ4n) is 9.20. The van der Waals surface area contributed by atoms with Gasteiger partial charge < -0.3 is 49.0 Å². The quantitative estimate of drug-likeness (QED) is 0.0965. The molecular formula is C48H52N8O9. The summed E-state index contributed by atoms with van der Waals surface area (Å²) in [7, 11) is 1.27. The monoisotopic (exact) mass is 884 g/mol. The number of amides is 4. The van der Waals surface area contributed by atoms with Crippen LogP contribution in [0.1, 0.15) is 87.7 Å². The van der Waals surface area contributed by atoms with Crippen LogP contribution in [-0.2, 0) is 23.8 Å². The second kappa shape index (κ2) is 18.6. The van der Waals surface area contributed by atoms with Gasteiger partial charge in [0, 0.05) is 37.1 Å². The van der Waals surface area contributed by atoms with Crippen LogP contribution in [0.2, 0.25) is 0 Å². The first kappa shape index (κ1) is 43.3. The van der Waals surface area contributed by atoms with Gasteiger partial charge in [0.05, 0.1) is 67.0 Å². The lowest BCUT2D eigenvalue weighted by molar-refractivity contribution is -0.136. The molecule has 3 aliphatic rings. The number of benzene rings is 3. The molecule has 0 saturated carbocycles. The molecular weight excluding hydrogens is 833 g/mol. The Morgan fingerprint density at radius 2 is 1.37 bits per heavy atom. The van der Waals surface area contributed by atoms with Crippen LogP contribution in [0.5, 0.6) is 0 Å². The van der Waals surface area contributed by atoms with Crippen LogP contribution in [0.25, 0.3) is 44.5 Å². The number of nitrogens with zero attached hydrogens (tertiary/aromatic N) is 4. The van der Waals surface area contributed by atoms with Crippen LogP contribution in [0, 0.1) is 5.92 Å². The number of likely N-dealkylation sites (tertiary alicyclic amines) is 2. The van der Waals surface area contributed by atoms with Crippen molar-refractivity contribution >= 4 is 45.9 Å². The van der Waals surface area contributed by atoms with Crippen LogP contribution in [-0.4, -0.2) is 99.3 Å². The first-order valence-corrected chi connectivity index (χ1v) is 22.2. The predicted octanol–water partition coefficient (Wildman–Crippen LogP) is 7.08. The van der Waals surface area contributed by atoms with E-state index in [9.17, 15) is 24.0 Å². The third-order valence-corrected chi connectivity index (χ3v) is 12.7. The maximum atomic E-state index is 14.3. The SMILES string of the molecule is COC(=O)N[C@H](C(=O)N1CCC[C@H]1c1ncc(-c2ccc3oc4cc(-c5cnc([C@@H]6CCCN6C(=O)[C@H](NC(=O)OC6CCOCC6)c6ccccc6)[nH]5)ccc4c(=O)c3c2)[nH]1)C(C)C. The Hall–Kier alpha value is -7.01. The second-order valence-electron chi connectivity index (χ2n) is 17.2. The summed E-state index contributed by atoms with van der Waals surface area (Å²) >= 11 is 0. The van der Waals surface area contributed by atoms with Crippen LogP contribution in [0.15, 0.2) is 88.3 Å². The highest BCUT2D eigenvalue weighted by Gasteiger charge is 2.39. The van der Waals surface area contributed by atoms with Crippen molar-refractivity contribution in [1.82, 2.24) is 40.4 Å². The zero-order valence-electron chi connectivity index (χ0n) is 36.5. The molecule has 0 aliphatic carbocycles. The second-order valence-corrected chi connectivity index (χ2v) is 17.2. The molecule has 0 spiro atoms. The molecule has 3 aromatic carbocycles. The first-order chi connectivity index (χ1) is 31.6. The average molecular weight is 885 g/mol. The standard InChI is InChI=1S/C48H52N8O9/c1-27(2)40(53-47(60)62-3)45(58)55-19-7-11-36(55)43-49-25-34(51-43)29-14-16-38-33(23-29)42(57)32-15-13-30(24-39(32)65-38)35-26-50-44(52-35)37-12-8-20-56(37)46(59)41(28-9-5-4-6-10-28)54-48(61)64-31-17-21-63-22-18-31/h4-6,9-10,13-16,23-27,31,36-37,40-41H,7-8,11-12,17-22H2,1-3H3,(H,49,51)(H,50,52)(H,53,60)(H,54,61)/t36-,37-,40-,41+/m0/s1. The fraction of sp³-hybridized carbons (Fsp3) is 0.396. The number of methoxy groups -OCH3 is 1. The maximum Gasteiger partial charge on any atom is 0.408 e. The Morgan fingerprint density at radius 3 is 2.02 bits per heavy atom. The van der Waals surface area contributed by atoms with Gasteiger partial charge in [-0.1, -0.05) is 50.2 Å². The van der Waals surface area contributed by atoms with E-state index in [0.717, 1.165) is 24.0 Å². The number of ether oxygens (including phenoxy) is 3. The van der Waals surface area contributed by atoms with E-state index < -0.39 is 24.3 Å². The molecule has 4 amide bonds. The van der Waals surface area contributed by atoms with Gasteiger partial charge in [0.15, 0.2) is 0 Å². The number of carbonyl (C=O) groups excluding carboxylic acids is 4. The summed E-state index contributed by atoms with van der Waals surface area (Å²) in [4.78, 5) is 86.8. The summed E-state index contributed by atoms with van der Waals surface area (Å²) in [5, 5.41) is 6.33. The molecule has 6 heterocycles. The zero-order valence-corrected chi connectivity index (χ0v) is 36.5. The number of rotatable bonds is 11. The molecule has 3 aliphatic heterocycles. The summed E-state index contributed by atoms with van der Waals surface area (Å²) in [6.45, 7) is 5.82. The van der Waals surface area contributed by atoms with Gasteiger partial charge in [0.25, 0.3) is 5.91 Å². The summed E-state index contributed by atoms with van der Waals surface area (Å²) < 4.78 is 22.2. The fourth-order valence-corrected chi connectivity index (χ4v) is 9.20. The lowest BCUT2D eigenvalue weighted by Gasteiger charge is -2.30. The molecule has 9 rings (SSSR count). The van der Waals surface area contributed by atoms with Crippen molar-refractivity contribution in [2.45, 2.75) is 82.6 Å². The van der Waals surface area contributed by atoms with E-state index in [2.05, 4.69) is 25.6 Å². The molecule has 338 valence electrons. The smallest absolute Gasteiger partial charge is 0.408 e. The Morgan fingerprint density at radius 1 is 0.738 bits per heavy atom. The number of imidazole rings is 2. The lowest BCUT2D eigenvalue weighted by atomic mass is 10.0. The maximum absolute atomic E-state index is 14.3.